The zero-order chi connectivity index (χ0) is 21.4. The van der Waals surface area contributed by atoms with Crippen LogP contribution in [0.5, 0.6) is 0 Å². The summed E-state index contributed by atoms with van der Waals surface area (Å²) in [5, 5.41) is 21.0. The molecule has 1 unspecified atom stereocenters. The Balaban J connectivity index is 1.77. The van der Waals surface area contributed by atoms with E-state index in [9.17, 15) is 19.4 Å². The summed E-state index contributed by atoms with van der Waals surface area (Å²) >= 11 is 0. The number of hydrogen-bond donors (Lipinski definition) is 3. The van der Waals surface area contributed by atoms with Crippen LogP contribution in [0.2, 0.25) is 0 Å². The summed E-state index contributed by atoms with van der Waals surface area (Å²) in [7, 11) is 0. The van der Waals surface area contributed by atoms with Crippen molar-refractivity contribution in [3.8, 4) is 23.2 Å². The number of primary amides is 1. The topological polar surface area (TPSA) is 101 Å². The molecule has 2 aromatic rings. The number of imidazole rings is 1. The molecule has 1 atom stereocenters. The van der Waals surface area contributed by atoms with Crippen molar-refractivity contribution in [3.05, 3.63) is 46.5 Å². The van der Waals surface area contributed by atoms with Gasteiger partial charge in [-0.05, 0) is 62.8 Å². The van der Waals surface area contributed by atoms with Crippen molar-refractivity contribution in [1.29, 1.82) is 0 Å². The Morgan fingerprint density at radius 3 is 2.63 bits per heavy atom. The first-order valence-electron chi connectivity index (χ1n) is 10.0. The molecule has 154 valence electrons. The van der Waals surface area contributed by atoms with Crippen molar-refractivity contribution in [2.45, 2.75) is 56.8 Å². The number of halogens is 1. The monoisotopic (exact) mass is 407 g/mol. The smallest absolute Gasteiger partial charge is 0.269 e. The number of nitrogens with zero attached hydrogens (tertiary/aromatic N) is 2. The highest BCUT2D eigenvalue weighted by Gasteiger charge is 2.46. The predicted molar refractivity (Wildman–Crippen MR) is 109 cm³/mol. The van der Waals surface area contributed by atoms with Gasteiger partial charge in [-0.1, -0.05) is 17.9 Å². The van der Waals surface area contributed by atoms with Gasteiger partial charge in [0.2, 0.25) is 0 Å². The molecule has 0 radical (unpaired) electrons. The Hall–Kier alpha value is -2.95. The molecule has 6 rings (SSSR count). The molecule has 3 heterocycles. The average molecular weight is 407 g/mol. The van der Waals surface area contributed by atoms with Crippen molar-refractivity contribution in [3.63, 3.8) is 0 Å². The molecule has 2 bridgehead atoms. The summed E-state index contributed by atoms with van der Waals surface area (Å²) < 4.78 is 16.7. The summed E-state index contributed by atoms with van der Waals surface area (Å²) in [6.45, 7) is 3.05. The minimum Gasteiger partial charge on any atom is -0.384 e. The number of nitrogens with two attached hydrogens (primary N) is 1. The lowest BCUT2D eigenvalue weighted by molar-refractivity contribution is -0.0465. The Morgan fingerprint density at radius 2 is 2.07 bits per heavy atom. The van der Waals surface area contributed by atoms with Gasteiger partial charge in [-0.2, -0.15) is 0 Å². The third kappa shape index (κ3) is 2.72. The molecule has 4 aliphatic rings. The zero-order valence-corrected chi connectivity index (χ0v) is 16.8. The predicted octanol–water partition coefficient (Wildman–Crippen LogP) is 2.62. The van der Waals surface area contributed by atoms with Crippen LogP contribution >= 0.6 is 0 Å². The summed E-state index contributed by atoms with van der Waals surface area (Å²) in [4.78, 5) is 16.7. The molecule has 1 amide bonds. The molecule has 1 fully saturated rings. The van der Waals surface area contributed by atoms with Crippen molar-refractivity contribution < 1.29 is 19.4 Å². The van der Waals surface area contributed by atoms with Gasteiger partial charge in [0.1, 0.15) is 22.8 Å². The minimum absolute atomic E-state index is 0.0651. The Labute approximate surface area is 173 Å². The van der Waals surface area contributed by atoms with E-state index in [1.165, 1.54) is 19.9 Å². The highest BCUT2D eigenvalue weighted by Crippen LogP contribution is 2.52. The number of carbonyl (C=O) groups excluding carboxylic acids is 1. The van der Waals surface area contributed by atoms with Crippen molar-refractivity contribution in [1.82, 2.24) is 9.55 Å². The molecule has 0 saturated heterocycles. The Morgan fingerprint density at radius 1 is 1.37 bits per heavy atom. The van der Waals surface area contributed by atoms with Crippen LogP contribution in [0, 0.1) is 17.7 Å². The quantitative estimate of drug-likeness (QED) is 0.666. The van der Waals surface area contributed by atoms with Gasteiger partial charge < -0.3 is 20.5 Å². The molecule has 1 aromatic heterocycles. The van der Waals surface area contributed by atoms with Gasteiger partial charge in [-0.25, -0.2) is 9.37 Å². The average Bonchev–Trinajstić information content (AvgIpc) is 2.87. The van der Waals surface area contributed by atoms with Crippen LogP contribution in [0.3, 0.4) is 0 Å². The van der Waals surface area contributed by atoms with E-state index in [2.05, 4.69) is 16.8 Å². The number of rotatable bonds is 2. The number of benzene rings is 1. The van der Waals surface area contributed by atoms with Gasteiger partial charge in [0, 0.05) is 5.56 Å². The first-order valence-corrected chi connectivity index (χ1v) is 10.0. The summed E-state index contributed by atoms with van der Waals surface area (Å²) in [6, 6.07) is 2.96. The first-order chi connectivity index (χ1) is 14.1. The lowest BCUT2D eigenvalue weighted by atomic mass is 9.76. The number of aliphatic hydroxyl groups is 2. The number of aromatic nitrogens is 2. The van der Waals surface area contributed by atoms with E-state index >= 15 is 0 Å². The molecular formula is C23H22FN3O3. The van der Waals surface area contributed by atoms with Crippen LogP contribution in [0.25, 0.3) is 17.0 Å². The van der Waals surface area contributed by atoms with Crippen LogP contribution in [0.15, 0.2) is 18.2 Å². The lowest BCUT2D eigenvalue weighted by Crippen LogP contribution is -2.39. The summed E-state index contributed by atoms with van der Waals surface area (Å²) in [6.07, 6.45) is 4.61. The third-order valence-corrected chi connectivity index (χ3v) is 6.12. The number of allylic oxidation sites excluding steroid dienone is 2. The molecule has 2 aliphatic heterocycles. The van der Waals surface area contributed by atoms with Gasteiger partial charge in [-0.3, -0.25) is 4.79 Å². The van der Waals surface area contributed by atoms with Crippen molar-refractivity contribution in [2.24, 2.45) is 5.73 Å². The second-order valence-electron chi connectivity index (χ2n) is 8.90. The molecule has 30 heavy (non-hydrogen) atoms. The van der Waals surface area contributed by atoms with Crippen molar-refractivity contribution >= 4 is 11.5 Å². The van der Waals surface area contributed by atoms with Crippen LogP contribution in [0.1, 0.15) is 72.9 Å². The van der Waals surface area contributed by atoms with Gasteiger partial charge in [-0.15, -0.1) is 0 Å². The Kier molecular flexibility index (Phi) is 3.83. The van der Waals surface area contributed by atoms with Gasteiger partial charge >= 0.3 is 0 Å². The summed E-state index contributed by atoms with van der Waals surface area (Å²) in [5.41, 5.74) is 6.21. The minimum atomic E-state index is -1.26. The molecule has 7 heteroatoms. The SMILES string of the molecule is CC(C)(O)C#Cc1cc2c(cc1F)C1=CC(C1)n1c-2nc(C(N)=O)c1C1(O)CCC1. The molecule has 1 saturated carbocycles. The van der Waals surface area contributed by atoms with Crippen LogP contribution in [0.4, 0.5) is 4.39 Å². The van der Waals surface area contributed by atoms with E-state index in [0.29, 0.717) is 41.9 Å². The highest BCUT2D eigenvalue weighted by molar-refractivity contribution is 5.95. The second-order valence-corrected chi connectivity index (χ2v) is 8.90. The lowest BCUT2D eigenvalue weighted by Gasteiger charge is -2.39. The Bertz CT molecular complexity index is 1200. The van der Waals surface area contributed by atoms with Crippen molar-refractivity contribution in [2.75, 3.05) is 0 Å². The fourth-order valence-electron chi connectivity index (χ4n) is 4.44. The molecule has 6 nitrogen and oxygen atoms in total. The van der Waals surface area contributed by atoms with E-state index in [1.807, 2.05) is 10.6 Å². The normalized spacial score (nSPS) is 20.4. The molecule has 1 aromatic carbocycles. The van der Waals surface area contributed by atoms with E-state index in [1.54, 1.807) is 6.07 Å². The van der Waals surface area contributed by atoms with E-state index in [0.717, 1.165) is 12.0 Å². The third-order valence-electron chi connectivity index (χ3n) is 6.12. The molecule has 4 N–H and O–H groups in total. The molecular weight excluding hydrogens is 385 g/mol. The molecule has 0 spiro atoms. The van der Waals surface area contributed by atoms with Gasteiger partial charge in [0.25, 0.3) is 5.91 Å². The first kappa shape index (κ1) is 19.0. The largest absolute Gasteiger partial charge is 0.384 e. The van der Waals surface area contributed by atoms with Crippen LogP contribution in [-0.4, -0.2) is 31.3 Å². The van der Waals surface area contributed by atoms with Crippen LogP contribution in [-0.2, 0) is 5.60 Å². The fourth-order valence-corrected chi connectivity index (χ4v) is 4.44. The van der Waals surface area contributed by atoms with E-state index < -0.39 is 22.9 Å². The maximum absolute atomic E-state index is 14.8. The van der Waals surface area contributed by atoms with E-state index in [4.69, 9.17) is 5.73 Å². The molecule has 2 aliphatic carbocycles. The summed E-state index contributed by atoms with van der Waals surface area (Å²) in [5.74, 6) is 4.64. The van der Waals surface area contributed by atoms with Gasteiger partial charge in [0.15, 0.2) is 5.69 Å². The maximum atomic E-state index is 14.8. The second kappa shape index (κ2) is 6.03. The van der Waals surface area contributed by atoms with Gasteiger partial charge in [0.05, 0.1) is 17.3 Å². The zero-order valence-electron chi connectivity index (χ0n) is 16.8. The number of hydrogen-bond acceptors (Lipinski definition) is 4. The fraction of sp³-hybridized carbons (Fsp3) is 0.391. The highest BCUT2D eigenvalue weighted by atomic mass is 19.1. The standard InChI is InChI=1S/C23H22FN3O3/c1-22(2,29)7-4-12-10-16-15(11-17(12)24)13-8-14(9-13)27-19(23(30)5-3-6-23)18(20(25)28)26-21(16)27/h8,10-11,14,29-30H,3,5-6,9H2,1-2H3,(H2,25,28). The van der Waals surface area contributed by atoms with E-state index in [-0.39, 0.29) is 17.3 Å². The number of amides is 1. The van der Waals surface area contributed by atoms with Crippen LogP contribution < -0.4 is 5.73 Å². The number of carbonyl (C=O) groups is 1. The maximum Gasteiger partial charge on any atom is 0.269 e.